The number of fused-ring (bicyclic) bond motifs is 1. The van der Waals surface area contributed by atoms with Crippen LogP contribution in [-0.2, 0) is 4.79 Å². The molecule has 1 amide bonds. The van der Waals surface area contributed by atoms with Crippen LogP contribution in [0.1, 0.15) is 25.3 Å². The fraction of sp³-hybridized carbons (Fsp3) is 0.364. The van der Waals surface area contributed by atoms with Gasteiger partial charge in [0.2, 0.25) is 5.91 Å². The lowest BCUT2D eigenvalue weighted by atomic mass is 9.90. The van der Waals surface area contributed by atoms with Crippen molar-refractivity contribution in [2.45, 2.75) is 19.8 Å². The van der Waals surface area contributed by atoms with E-state index < -0.39 is 0 Å². The molecular formula is C11H12ClNO. The fourth-order valence-electron chi connectivity index (χ4n) is 1.92. The van der Waals surface area contributed by atoms with Gasteiger partial charge in [0.25, 0.3) is 0 Å². The molecule has 74 valence electrons. The number of rotatable bonds is 1. The van der Waals surface area contributed by atoms with Crippen LogP contribution < -0.4 is 5.32 Å². The Morgan fingerprint density at radius 1 is 1.43 bits per heavy atom. The number of nitrogens with one attached hydrogen (secondary N) is 1. The maximum Gasteiger partial charge on any atom is 0.232 e. The molecule has 2 rings (SSSR count). The number of carbonyl (C=O) groups excluding carboxylic acids is 1. The Hall–Kier alpha value is -1.02. The predicted molar refractivity (Wildman–Crippen MR) is 57.7 cm³/mol. The molecule has 0 bridgehead atoms. The molecule has 0 saturated carbocycles. The number of amides is 1. The summed E-state index contributed by atoms with van der Waals surface area (Å²) >= 11 is 5.90. The third kappa shape index (κ3) is 1.40. The van der Waals surface area contributed by atoms with E-state index in [1.807, 2.05) is 26.0 Å². The van der Waals surface area contributed by atoms with Crippen molar-refractivity contribution in [3.05, 3.63) is 28.8 Å². The van der Waals surface area contributed by atoms with Crippen molar-refractivity contribution in [1.82, 2.24) is 0 Å². The average molecular weight is 210 g/mol. The first-order valence-corrected chi connectivity index (χ1v) is 5.07. The molecule has 1 aromatic rings. The van der Waals surface area contributed by atoms with Gasteiger partial charge in [-0.05, 0) is 29.7 Å². The molecule has 3 heteroatoms. The number of anilines is 1. The van der Waals surface area contributed by atoms with Gasteiger partial charge in [0.05, 0.1) is 5.92 Å². The molecule has 1 aromatic carbocycles. The minimum atomic E-state index is -0.0521. The van der Waals surface area contributed by atoms with Gasteiger partial charge in [0.15, 0.2) is 0 Å². The highest BCUT2D eigenvalue weighted by Gasteiger charge is 2.32. The summed E-state index contributed by atoms with van der Waals surface area (Å²) in [6.45, 7) is 4.08. The van der Waals surface area contributed by atoms with Gasteiger partial charge < -0.3 is 5.32 Å². The second-order valence-electron chi connectivity index (χ2n) is 3.94. The van der Waals surface area contributed by atoms with Crippen molar-refractivity contribution >= 4 is 23.2 Å². The van der Waals surface area contributed by atoms with E-state index in [0.717, 1.165) is 11.3 Å². The van der Waals surface area contributed by atoms with Crippen molar-refractivity contribution in [2.24, 2.45) is 5.92 Å². The third-order valence-corrected chi connectivity index (χ3v) is 2.79. The summed E-state index contributed by atoms with van der Waals surface area (Å²) in [6, 6.07) is 5.53. The summed E-state index contributed by atoms with van der Waals surface area (Å²) in [4.78, 5) is 11.6. The smallest absolute Gasteiger partial charge is 0.232 e. The van der Waals surface area contributed by atoms with Gasteiger partial charge in [-0.1, -0.05) is 25.4 Å². The first kappa shape index (κ1) is 9.53. The zero-order valence-corrected chi connectivity index (χ0v) is 8.93. The molecular weight excluding hydrogens is 198 g/mol. The largest absolute Gasteiger partial charge is 0.325 e. The zero-order chi connectivity index (χ0) is 10.3. The minimum absolute atomic E-state index is 0.0521. The van der Waals surface area contributed by atoms with Crippen LogP contribution in [0.2, 0.25) is 5.02 Å². The van der Waals surface area contributed by atoms with Crippen LogP contribution in [0.25, 0.3) is 0 Å². The van der Waals surface area contributed by atoms with Gasteiger partial charge in [0, 0.05) is 10.7 Å². The summed E-state index contributed by atoms with van der Waals surface area (Å²) in [7, 11) is 0. The second kappa shape index (κ2) is 3.28. The zero-order valence-electron chi connectivity index (χ0n) is 8.17. The lowest BCUT2D eigenvalue weighted by Gasteiger charge is -2.12. The Morgan fingerprint density at radius 3 is 2.79 bits per heavy atom. The maximum atomic E-state index is 11.6. The molecule has 0 radical (unpaired) electrons. The standard InChI is InChI=1S/C11H12ClNO/c1-6(2)10-8-5-7(12)3-4-9(8)13-11(10)14/h3-6,10H,1-2H3,(H,13,14)/t10-/m1/s1. The Bertz CT molecular complexity index is 387. The van der Waals surface area contributed by atoms with Crippen molar-refractivity contribution in [3.63, 3.8) is 0 Å². The van der Waals surface area contributed by atoms with E-state index >= 15 is 0 Å². The summed E-state index contributed by atoms with van der Waals surface area (Å²) in [5.74, 6) is 0.329. The monoisotopic (exact) mass is 209 g/mol. The predicted octanol–water partition coefficient (Wildman–Crippen LogP) is 3.03. The summed E-state index contributed by atoms with van der Waals surface area (Å²) in [5, 5.41) is 3.54. The number of hydrogen-bond acceptors (Lipinski definition) is 1. The minimum Gasteiger partial charge on any atom is -0.325 e. The molecule has 0 saturated heterocycles. The highest BCUT2D eigenvalue weighted by molar-refractivity contribution is 6.31. The summed E-state index contributed by atoms with van der Waals surface area (Å²) < 4.78 is 0. The van der Waals surface area contributed by atoms with Gasteiger partial charge in [-0.3, -0.25) is 4.79 Å². The Morgan fingerprint density at radius 2 is 2.14 bits per heavy atom. The molecule has 0 unspecified atom stereocenters. The van der Waals surface area contributed by atoms with Crippen LogP contribution >= 0.6 is 11.6 Å². The van der Waals surface area contributed by atoms with Crippen molar-refractivity contribution in [1.29, 1.82) is 0 Å². The number of hydrogen-bond donors (Lipinski definition) is 1. The van der Waals surface area contributed by atoms with Gasteiger partial charge in [-0.2, -0.15) is 0 Å². The molecule has 1 aliphatic heterocycles. The normalized spacial score (nSPS) is 19.7. The maximum absolute atomic E-state index is 11.6. The molecule has 0 aliphatic carbocycles. The van der Waals surface area contributed by atoms with E-state index in [0.29, 0.717) is 10.9 Å². The Kier molecular flexibility index (Phi) is 2.23. The number of halogens is 1. The van der Waals surface area contributed by atoms with Crippen LogP contribution in [0, 0.1) is 5.92 Å². The van der Waals surface area contributed by atoms with Crippen molar-refractivity contribution in [2.75, 3.05) is 5.32 Å². The lowest BCUT2D eigenvalue weighted by molar-refractivity contribution is -0.117. The Labute approximate surface area is 88.3 Å². The van der Waals surface area contributed by atoms with Crippen LogP contribution in [0.4, 0.5) is 5.69 Å². The van der Waals surface area contributed by atoms with E-state index in [9.17, 15) is 4.79 Å². The Balaban J connectivity index is 2.50. The van der Waals surface area contributed by atoms with Crippen LogP contribution in [0.3, 0.4) is 0 Å². The highest BCUT2D eigenvalue weighted by Crippen LogP contribution is 2.38. The van der Waals surface area contributed by atoms with E-state index in [2.05, 4.69) is 5.32 Å². The summed E-state index contributed by atoms with van der Waals surface area (Å²) in [6.07, 6.45) is 0. The number of benzene rings is 1. The van der Waals surface area contributed by atoms with E-state index in [4.69, 9.17) is 11.6 Å². The van der Waals surface area contributed by atoms with E-state index in [1.54, 1.807) is 6.07 Å². The van der Waals surface area contributed by atoms with Crippen LogP contribution in [0.5, 0.6) is 0 Å². The molecule has 0 spiro atoms. The SMILES string of the molecule is CC(C)[C@H]1C(=O)Nc2ccc(Cl)cc21. The lowest BCUT2D eigenvalue weighted by Crippen LogP contribution is -2.16. The molecule has 1 N–H and O–H groups in total. The van der Waals surface area contributed by atoms with Crippen LogP contribution in [-0.4, -0.2) is 5.91 Å². The summed E-state index contributed by atoms with van der Waals surface area (Å²) in [5.41, 5.74) is 1.93. The van der Waals surface area contributed by atoms with Crippen molar-refractivity contribution in [3.8, 4) is 0 Å². The second-order valence-corrected chi connectivity index (χ2v) is 4.38. The molecule has 0 fully saturated rings. The highest BCUT2D eigenvalue weighted by atomic mass is 35.5. The average Bonchev–Trinajstić information content (AvgIpc) is 2.40. The van der Waals surface area contributed by atoms with Crippen LogP contribution in [0.15, 0.2) is 18.2 Å². The van der Waals surface area contributed by atoms with Gasteiger partial charge >= 0.3 is 0 Å². The van der Waals surface area contributed by atoms with Crippen molar-refractivity contribution < 1.29 is 4.79 Å². The molecule has 2 nitrogen and oxygen atoms in total. The van der Waals surface area contributed by atoms with E-state index in [-0.39, 0.29) is 11.8 Å². The van der Waals surface area contributed by atoms with Gasteiger partial charge in [-0.25, -0.2) is 0 Å². The topological polar surface area (TPSA) is 29.1 Å². The third-order valence-electron chi connectivity index (χ3n) is 2.56. The quantitative estimate of drug-likeness (QED) is 0.757. The number of carbonyl (C=O) groups is 1. The fourth-order valence-corrected chi connectivity index (χ4v) is 2.10. The molecule has 0 aromatic heterocycles. The molecule has 1 atom stereocenters. The molecule has 1 aliphatic rings. The first-order chi connectivity index (χ1) is 6.59. The molecule has 1 heterocycles. The van der Waals surface area contributed by atoms with Gasteiger partial charge in [-0.15, -0.1) is 0 Å². The van der Waals surface area contributed by atoms with Gasteiger partial charge in [0.1, 0.15) is 0 Å². The van der Waals surface area contributed by atoms with E-state index in [1.165, 1.54) is 0 Å². The first-order valence-electron chi connectivity index (χ1n) is 4.70. The molecule has 14 heavy (non-hydrogen) atoms.